The number of alkyl halides is 6. The van der Waals surface area contributed by atoms with Gasteiger partial charge in [-0.15, -0.1) is 0 Å². The molecule has 0 aliphatic heterocycles. The Bertz CT molecular complexity index is 977. The summed E-state index contributed by atoms with van der Waals surface area (Å²) in [7, 11) is 0. The third-order valence-electron chi connectivity index (χ3n) is 4.21. The van der Waals surface area contributed by atoms with Crippen molar-refractivity contribution in [1.82, 2.24) is 0 Å². The standard InChI is InChI=1S/C19H10F6O6/c20-17(21)13(30-11-5-1-9(2-6-11)15(26)27)14(18(22,23)19(17,24)25)31-12-7-3-10(4-8-12)16(28)29/h1-8H,(H,26,27)(H,28,29). The molecule has 0 saturated carbocycles. The monoisotopic (exact) mass is 448 g/mol. The Morgan fingerprint density at radius 1 is 0.613 bits per heavy atom. The van der Waals surface area contributed by atoms with Crippen LogP contribution in [0.3, 0.4) is 0 Å². The molecule has 1 aliphatic rings. The van der Waals surface area contributed by atoms with Crippen LogP contribution in [0.1, 0.15) is 20.7 Å². The molecule has 2 aromatic rings. The van der Waals surface area contributed by atoms with Crippen LogP contribution < -0.4 is 9.47 Å². The molecule has 0 bridgehead atoms. The summed E-state index contributed by atoms with van der Waals surface area (Å²) in [6.07, 6.45) is 0. The summed E-state index contributed by atoms with van der Waals surface area (Å²) in [5.74, 6) is -25.3. The molecule has 1 aliphatic carbocycles. The van der Waals surface area contributed by atoms with Crippen molar-refractivity contribution in [2.45, 2.75) is 17.8 Å². The van der Waals surface area contributed by atoms with E-state index in [0.717, 1.165) is 48.5 Å². The van der Waals surface area contributed by atoms with Crippen LogP contribution in [0.5, 0.6) is 11.5 Å². The third kappa shape index (κ3) is 3.53. The summed E-state index contributed by atoms with van der Waals surface area (Å²) in [5, 5.41) is 17.6. The molecule has 0 radical (unpaired) electrons. The van der Waals surface area contributed by atoms with Crippen molar-refractivity contribution in [3.05, 3.63) is 71.2 Å². The summed E-state index contributed by atoms with van der Waals surface area (Å²) >= 11 is 0. The van der Waals surface area contributed by atoms with Gasteiger partial charge in [-0.05, 0) is 48.5 Å². The predicted octanol–water partition coefficient (Wildman–Crippen LogP) is 4.67. The van der Waals surface area contributed by atoms with Gasteiger partial charge in [0.2, 0.25) is 11.5 Å². The van der Waals surface area contributed by atoms with Crippen LogP contribution in [0.15, 0.2) is 60.0 Å². The Kier molecular flexibility index (Phi) is 5.12. The number of hydrogen-bond acceptors (Lipinski definition) is 4. The minimum atomic E-state index is -5.91. The fraction of sp³-hybridized carbons (Fsp3) is 0.158. The highest BCUT2D eigenvalue weighted by atomic mass is 19.3. The lowest BCUT2D eigenvalue weighted by atomic mass is 10.1. The average Bonchev–Trinajstić information content (AvgIpc) is 2.79. The molecule has 0 heterocycles. The van der Waals surface area contributed by atoms with Crippen molar-refractivity contribution in [2.75, 3.05) is 0 Å². The first kappa shape index (κ1) is 22.0. The van der Waals surface area contributed by atoms with Crippen molar-refractivity contribution in [1.29, 1.82) is 0 Å². The van der Waals surface area contributed by atoms with E-state index in [9.17, 15) is 35.9 Å². The second-order valence-electron chi connectivity index (χ2n) is 6.24. The van der Waals surface area contributed by atoms with E-state index in [2.05, 4.69) is 9.47 Å². The molecular formula is C19H10F6O6. The molecular weight excluding hydrogens is 438 g/mol. The average molecular weight is 448 g/mol. The second kappa shape index (κ2) is 7.22. The lowest BCUT2D eigenvalue weighted by molar-refractivity contribution is -0.273. The second-order valence-corrected chi connectivity index (χ2v) is 6.24. The number of carboxylic acids is 2. The minimum absolute atomic E-state index is 0.301. The van der Waals surface area contributed by atoms with Gasteiger partial charge in [0.25, 0.3) is 0 Å². The smallest absolute Gasteiger partial charge is 0.387 e. The molecule has 0 saturated heterocycles. The van der Waals surface area contributed by atoms with Gasteiger partial charge in [0.1, 0.15) is 11.5 Å². The van der Waals surface area contributed by atoms with E-state index in [1.807, 2.05) is 0 Å². The molecule has 2 N–H and O–H groups in total. The number of ether oxygens (including phenoxy) is 2. The van der Waals surface area contributed by atoms with Gasteiger partial charge in [-0.25, -0.2) is 9.59 Å². The molecule has 0 spiro atoms. The zero-order chi connectivity index (χ0) is 23.2. The highest BCUT2D eigenvalue weighted by molar-refractivity contribution is 5.88. The number of rotatable bonds is 6. The molecule has 2 aromatic carbocycles. The molecule has 3 rings (SSSR count). The quantitative estimate of drug-likeness (QED) is 0.624. The molecule has 0 unspecified atom stereocenters. The molecule has 0 atom stereocenters. The van der Waals surface area contributed by atoms with Crippen LogP contribution in [0, 0.1) is 0 Å². The lowest BCUT2D eigenvalue weighted by Crippen LogP contribution is -2.50. The summed E-state index contributed by atoms with van der Waals surface area (Å²) < 4.78 is 93.9. The Hall–Kier alpha value is -3.70. The Morgan fingerprint density at radius 3 is 1.16 bits per heavy atom. The number of carboxylic acid groups (broad SMARTS) is 2. The first-order valence-corrected chi connectivity index (χ1v) is 8.20. The lowest BCUT2D eigenvalue weighted by Gasteiger charge is -2.24. The van der Waals surface area contributed by atoms with Crippen LogP contribution in [0.4, 0.5) is 26.3 Å². The van der Waals surface area contributed by atoms with Crippen LogP contribution in [-0.2, 0) is 0 Å². The zero-order valence-corrected chi connectivity index (χ0v) is 14.9. The first-order chi connectivity index (χ1) is 14.3. The van der Waals surface area contributed by atoms with Crippen molar-refractivity contribution in [3.8, 4) is 11.5 Å². The van der Waals surface area contributed by atoms with Gasteiger partial charge >= 0.3 is 29.7 Å². The highest BCUT2D eigenvalue weighted by Crippen LogP contribution is 2.59. The summed E-state index contributed by atoms with van der Waals surface area (Å²) in [6.45, 7) is 0. The van der Waals surface area contributed by atoms with E-state index in [1.54, 1.807) is 0 Å². The van der Waals surface area contributed by atoms with Crippen LogP contribution >= 0.6 is 0 Å². The normalized spacial score (nSPS) is 18.5. The van der Waals surface area contributed by atoms with Gasteiger partial charge in [-0.1, -0.05) is 0 Å². The summed E-state index contributed by atoms with van der Waals surface area (Å²) in [4.78, 5) is 21.7. The summed E-state index contributed by atoms with van der Waals surface area (Å²) in [6, 6.07) is 6.75. The fourth-order valence-electron chi connectivity index (χ4n) is 2.56. The van der Waals surface area contributed by atoms with Gasteiger partial charge < -0.3 is 19.7 Å². The van der Waals surface area contributed by atoms with Gasteiger partial charge in [0.15, 0.2) is 0 Å². The van der Waals surface area contributed by atoms with E-state index < -0.39 is 52.7 Å². The molecule has 6 nitrogen and oxygen atoms in total. The van der Waals surface area contributed by atoms with Gasteiger partial charge in [0.05, 0.1) is 11.1 Å². The van der Waals surface area contributed by atoms with Crippen LogP contribution in [0.2, 0.25) is 0 Å². The maximum atomic E-state index is 14.2. The first-order valence-electron chi connectivity index (χ1n) is 8.20. The zero-order valence-electron chi connectivity index (χ0n) is 14.9. The number of allylic oxidation sites excluding steroid dienone is 2. The predicted molar refractivity (Wildman–Crippen MR) is 89.9 cm³/mol. The van der Waals surface area contributed by atoms with Gasteiger partial charge in [-0.3, -0.25) is 0 Å². The van der Waals surface area contributed by atoms with E-state index >= 15 is 0 Å². The molecule has 12 heteroatoms. The topological polar surface area (TPSA) is 93.1 Å². The largest absolute Gasteiger partial charge is 0.478 e. The number of halogens is 6. The van der Waals surface area contributed by atoms with Crippen LogP contribution in [-0.4, -0.2) is 39.9 Å². The van der Waals surface area contributed by atoms with E-state index in [-0.39, 0.29) is 11.1 Å². The number of aromatic carboxylic acids is 2. The Balaban J connectivity index is 2.05. The van der Waals surface area contributed by atoms with E-state index in [0.29, 0.717) is 0 Å². The fourth-order valence-corrected chi connectivity index (χ4v) is 2.56. The van der Waals surface area contributed by atoms with Gasteiger partial charge in [-0.2, -0.15) is 26.3 Å². The highest BCUT2D eigenvalue weighted by Gasteiger charge is 2.83. The number of carbonyl (C=O) groups is 2. The maximum absolute atomic E-state index is 14.2. The minimum Gasteiger partial charge on any atom is -0.478 e. The van der Waals surface area contributed by atoms with E-state index in [4.69, 9.17) is 10.2 Å². The molecule has 0 amide bonds. The van der Waals surface area contributed by atoms with Crippen molar-refractivity contribution >= 4 is 11.9 Å². The van der Waals surface area contributed by atoms with Crippen molar-refractivity contribution in [3.63, 3.8) is 0 Å². The maximum Gasteiger partial charge on any atom is 0.387 e. The van der Waals surface area contributed by atoms with E-state index in [1.165, 1.54) is 0 Å². The van der Waals surface area contributed by atoms with Crippen LogP contribution in [0.25, 0.3) is 0 Å². The molecule has 0 aromatic heterocycles. The number of benzene rings is 2. The Morgan fingerprint density at radius 2 is 0.903 bits per heavy atom. The molecule has 0 fully saturated rings. The third-order valence-corrected chi connectivity index (χ3v) is 4.21. The molecule has 31 heavy (non-hydrogen) atoms. The van der Waals surface area contributed by atoms with Crippen molar-refractivity contribution < 1.29 is 55.6 Å². The number of hydrogen-bond donors (Lipinski definition) is 2. The van der Waals surface area contributed by atoms with Gasteiger partial charge in [0, 0.05) is 0 Å². The SMILES string of the molecule is O=C(O)c1ccc(OC2=C(Oc3ccc(C(=O)O)cc3)C(F)(F)C(F)(F)C2(F)F)cc1. The molecule has 164 valence electrons. The summed E-state index contributed by atoms with van der Waals surface area (Å²) in [5.41, 5.74) is -0.602. The van der Waals surface area contributed by atoms with Crippen molar-refractivity contribution in [2.24, 2.45) is 0 Å². The Labute approximate surface area is 168 Å².